The number of hydrogen-bond acceptors (Lipinski definition) is 4. The molecule has 0 amide bonds. The number of aliphatic hydroxyl groups is 1. The molecular weight excluding hydrogens is 206 g/mol. The summed E-state index contributed by atoms with van der Waals surface area (Å²) in [5.74, 6) is 0. The third-order valence-corrected chi connectivity index (χ3v) is 2.24. The van der Waals surface area contributed by atoms with E-state index in [2.05, 4.69) is 10.3 Å². The summed E-state index contributed by atoms with van der Waals surface area (Å²) in [5.41, 5.74) is 1.48. The first-order chi connectivity index (χ1) is 7.83. The van der Waals surface area contributed by atoms with E-state index in [9.17, 15) is 5.11 Å². The summed E-state index contributed by atoms with van der Waals surface area (Å²) in [6.07, 6.45) is 0.816. The van der Waals surface area contributed by atoms with Crippen LogP contribution in [0, 0.1) is 0 Å². The van der Waals surface area contributed by atoms with Crippen LogP contribution in [0.1, 0.15) is 11.8 Å². The van der Waals surface area contributed by atoms with Gasteiger partial charge in [-0.25, -0.2) is 4.68 Å². The Morgan fingerprint density at radius 1 is 1.38 bits per heavy atom. The molecule has 2 aromatic rings. The summed E-state index contributed by atoms with van der Waals surface area (Å²) in [5, 5.41) is 17.6. The van der Waals surface area contributed by atoms with Gasteiger partial charge in [-0.2, -0.15) is 0 Å². The maximum Gasteiger partial charge on any atom is 0.121 e. The molecule has 1 aromatic carbocycles. The molecule has 84 valence electrons. The smallest absolute Gasteiger partial charge is 0.121 e. The Hall–Kier alpha value is -1.72. The third-order valence-electron chi connectivity index (χ3n) is 2.24. The lowest BCUT2D eigenvalue weighted by Crippen LogP contribution is -2.11. The molecule has 5 heteroatoms. The first-order valence-electron chi connectivity index (χ1n) is 4.96. The topological polar surface area (TPSA) is 60.2 Å². The fraction of sp³-hybridized carbons (Fsp3) is 0.273. The molecule has 0 bridgehead atoms. The standard InChI is InChI=1S/C11H13N3O2/c1-16-8-11(15)10-7-12-13-14(10)9-5-3-2-4-6-9/h2-7,11,15H,8H2,1H3. The molecule has 0 radical (unpaired) electrons. The van der Waals surface area contributed by atoms with E-state index >= 15 is 0 Å². The lowest BCUT2D eigenvalue weighted by atomic mass is 10.2. The summed E-state index contributed by atoms with van der Waals surface area (Å²) >= 11 is 0. The van der Waals surface area contributed by atoms with Crippen LogP contribution in [0.5, 0.6) is 0 Å². The van der Waals surface area contributed by atoms with Crippen LogP contribution in [0.4, 0.5) is 0 Å². The molecule has 0 aliphatic carbocycles. The predicted octanol–water partition coefficient (Wildman–Crippen LogP) is 0.947. The van der Waals surface area contributed by atoms with Gasteiger partial charge >= 0.3 is 0 Å². The van der Waals surface area contributed by atoms with Crippen molar-refractivity contribution in [3.8, 4) is 5.69 Å². The largest absolute Gasteiger partial charge is 0.384 e. The molecule has 0 fully saturated rings. The second-order valence-corrected chi connectivity index (χ2v) is 3.38. The zero-order chi connectivity index (χ0) is 11.4. The zero-order valence-electron chi connectivity index (χ0n) is 8.95. The highest BCUT2D eigenvalue weighted by molar-refractivity contribution is 5.31. The van der Waals surface area contributed by atoms with E-state index in [1.807, 2.05) is 30.3 Å². The van der Waals surface area contributed by atoms with Gasteiger partial charge in [0, 0.05) is 7.11 Å². The minimum atomic E-state index is -0.722. The van der Waals surface area contributed by atoms with Gasteiger partial charge in [0.25, 0.3) is 0 Å². The highest BCUT2D eigenvalue weighted by Crippen LogP contribution is 2.15. The second-order valence-electron chi connectivity index (χ2n) is 3.38. The van der Waals surface area contributed by atoms with E-state index in [4.69, 9.17) is 4.74 Å². The van der Waals surface area contributed by atoms with E-state index in [-0.39, 0.29) is 6.61 Å². The maximum absolute atomic E-state index is 9.83. The van der Waals surface area contributed by atoms with Gasteiger partial charge in [-0.1, -0.05) is 23.4 Å². The fourth-order valence-corrected chi connectivity index (χ4v) is 1.48. The highest BCUT2D eigenvalue weighted by Gasteiger charge is 2.14. The molecule has 1 N–H and O–H groups in total. The lowest BCUT2D eigenvalue weighted by Gasteiger charge is -2.11. The number of benzene rings is 1. The Morgan fingerprint density at radius 3 is 2.81 bits per heavy atom. The fourth-order valence-electron chi connectivity index (χ4n) is 1.48. The first-order valence-corrected chi connectivity index (χ1v) is 4.96. The third kappa shape index (κ3) is 2.10. The van der Waals surface area contributed by atoms with Crippen molar-refractivity contribution in [3.05, 3.63) is 42.2 Å². The van der Waals surface area contributed by atoms with Crippen LogP contribution < -0.4 is 0 Å². The van der Waals surface area contributed by atoms with Crippen LogP contribution in [0.15, 0.2) is 36.5 Å². The van der Waals surface area contributed by atoms with Crippen molar-refractivity contribution in [1.82, 2.24) is 15.0 Å². The number of para-hydroxylation sites is 1. The summed E-state index contributed by atoms with van der Waals surface area (Å²) in [6, 6.07) is 9.54. The zero-order valence-corrected chi connectivity index (χ0v) is 8.95. The van der Waals surface area contributed by atoms with Gasteiger partial charge in [0.15, 0.2) is 0 Å². The minimum absolute atomic E-state index is 0.222. The molecule has 16 heavy (non-hydrogen) atoms. The van der Waals surface area contributed by atoms with Crippen LogP contribution in [-0.4, -0.2) is 33.8 Å². The molecule has 0 spiro atoms. The molecule has 0 saturated heterocycles. The van der Waals surface area contributed by atoms with E-state index in [0.717, 1.165) is 5.69 Å². The van der Waals surface area contributed by atoms with Gasteiger partial charge in [-0.15, -0.1) is 5.10 Å². The summed E-state index contributed by atoms with van der Waals surface area (Å²) in [4.78, 5) is 0. The van der Waals surface area contributed by atoms with E-state index in [0.29, 0.717) is 5.69 Å². The van der Waals surface area contributed by atoms with Gasteiger partial charge in [-0.3, -0.25) is 0 Å². The van der Waals surface area contributed by atoms with Crippen LogP contribution in [0.3, 0.4) is 0 Å². The average molecular weight is 219 g/mol. The van der Waals surface area contributed by atoms with Gasteiger partial charge < -0.3 is 9.84 Å². The molecule has 5 nitrogen and oxygen atoms in total. The quantitative estimate of drug-likeness (QED) is 0.831. The predicted molar refractivity (Wildman–Crippen MR) is 58.2 cm³/mol. The number of rotatable bonds is 4. The van der Waals surface area contributed by atoms with Crippen molar-refractivity contribution < 1.29 is 9.84 Å². The Bertz CT molecular complexity index is 442. The van der Waals surface area contributed by atoms with Crippen LogP contribution in [0.2, 0.25) is 0 Å². The summed E-state index contributed by atoms with van der Waals surface area (Å²) < 4.78 is 6.50. The van der Waals surface area contributed by atoms with Crippen LogP contribution >= 0.6 is 0 Å². The number of ether oxygens (including phenoxy) is 1. The van der Waals surface area contributed by atoms with E-state index in [1.165, 1.54) is 6.20 Å². The lowest BCUT2D eigenvalue weighted by molar-refractivity contribution is 0.0602. The molecule has 1 heterocycles. The van der Waals surface area contributed by atoms with Crippen LogP contribution in [0.25, 0.3) is 5.69 Å². The van der Waals surface area contributed by atoms with E-state index < -0.39 is 6.10 Å². The monoisotopic (exact) mass is 219 g/mol. The number of aliphatic hydroxyl groups excluding tert-OH is 1. The van der Waals surface area contributed by atoms with Crippen LogP contribution in [-0.2, 0) is 4.74 Å². The van der Waals surface area contributed by atoms with Crippen molar-refractivity contribution in [3.63, 3.8) is 0 Å². The van der Waals surface area contributed by atoms with Crippen molar-refractivity contribution in [2.24, 2.45) is 0 Å². The van der Waals surface area contributed by atoms with Gasteiger partial charge in [-0.05, 0) is 12.1 Å². The summed E-state index contributed by atoms with van der Waals surface area (Å²) in [6.45, 7) is 0.222. The normalized spacial score (nSPS) is 12.6. The second kappa shape index (κ2) is 4.87. The first kappa shape index (κ1) is 10.8. The SMILES string of the molecule is COCC(O)c1cnnn1-c1ccccc1. The molecule has 0 saturated carbocycles. The maximum atomic E-state index is 9.83. The molecular formula is C11H13N3O2. The van der Waals surface area contributed by atoms with Gasteiger partial charge in [0.1, 0.15) is 6.10 Å². The number of aromatic nitrogens is 3. The number of hydrogen-bond donors (Lipinski definition) is 1. The number of nitrogens with zero attached hydrogens (tertiary/aromatic N) is 3. The molecule has 0 aliphatic heterocycles. The van der Waals surface area contributed by atoms with Gasteiger partial charge in [0.2, 0.25) is 0 Å². The van der Waals surface area contributed by atoms with Gasteiger partial charge in [0.05, 0.1) is 24.2 Å². The molecule has 0 aliphatic rings. The Labute approximate surface area is 93.3 Å². The highest BCUT2D eigenvalue weighted by atomic mass is 16.5. The molecule has 1 atom stereocenters. The Balaban J connectivity index is 2.33. The minimum Gasteiger partial charge on any atom is -0.384 e. The molecule has 2 rings (SSSR count). The van der Waals surface area contributed by atoms with Crippen molar-refractivity contribution in [1.29, 1.82) is 0 Å². The Morgan fingerprint density at radius 2 is 2.12 bits per heavy atom. The number of methoxy groups -OCH3 is 1. The van der Waals surface area contributed by atoms with E-state index in [1.54, 1.807) is 11.8 Å². The Kier molecular flexibility index (Phi) is 3.28. The molecule has 1 unspecified atom stereocenters. The van der Waals surface area contributed by atoms with Crippen molar-refractivity contribution in [2.75, 3.05) is 13.7 Å². The molecule has 1 aromatic heterocycles. The van der Waals surface area contributed by atoms with Crippen molar-refractivity contribution in [2.45, 2.75) is 6.10 Å². The summed E-state index contributed by atoms with van der Waals surface area (Å²) in [7, 11) is 1.54. The average Bonchev–Trinajstić information content (AvgIpc) is 2.79. The van der Waals surface area contributed by atoms with Crippen molar-refractivity contribution >= 4 is 0 Å².